The van der Waals surface area contributed by atoms with Gasteiger partial charge in [0.25, 0.3) is 0 Å². The molecule has 2 fully saturated rings. The van der Waals surface area contributed by atoms with Crippen molar-refractivity contribution in [2.24, 2.45) is 11.1 Å². The number of halogens is 1. The topological polar surface area (TPSA) is 109 Å². The molecule has 1 aromatic carbocycles. The molecule has 0 unspecified atom stereocenters. The molecule has 3 N–H and O–H groups in total. The monoisotopic (exact) mass is 500 g/mol. The minimum absolute atomic E-state index is 0.163. The predicted octanol–water partition coefficient (Wildman–Crippen LogP) is 1.62. The maximum absolute atomic E-state index is 13.7. The number of primary amides is 1. The highest BCUT2D eigenvalue weighted by molar-refractivity contribution is 5.80. The van der Waals surface area contributed by atoms with Crippen LogP contribution in [0.2, 0.25) is 0 Å². The van der Waals surface area contributed by atoms with Crippen molar-refractivity contribution >= 4 is 18.4 Å². The van der Waals surface area contributed by atoms with Gasteiger partial charge in [-0.25, -0.2) is 4.39 Å². The molecule has 0 bridgehead atoms. The Hall–Kier alpha value is -2.27. The van der Waals surface area contributed by atoms with Gasteiger partial charge in [0.05, 0.1) is 13.2 Å². The largest absolute Gasteiger partial charge is 0.491 e. The fraction of sp³-hybridized carbons (Fsp3) is 0.680. The van der Waals surface area contributed by atoms with Gasteiger partial charge in [-0.15, -0.1) is 0 Å². The molecule has 10 heteroatoms. The standard InChI is InChI=1S/C13H19FN2O.C10H20N2O2.CH4O.CH2O/c1-3-17-13-5-4-11(10-12(13)14)16-8-6-15(2)7-9-16;1-10(9(11)13)3-5-12(6-4-10)7-8-14-2;2*1-2/h4-5,10H,3,6-9H2,1-2H3;3-8H2,1-2H3,(H2,11,13);2H,1H3;1H2. The van der Waals surface area contributed by atoms with Gasteiger partial charge in [-0.3, -0.25) is 4.79 Å². The molecule has 1 aromatic rings. The van der Waals surface area contributed by atoms with Gasteiger partial charge >= 0.3 is 0 Å². The molecule has 9 nitrogen and oxygen atoms in total. The first-order chi connectivity index (χ1) is 16.8. The fourth-order valence-corrected chi connectivity index (χ4v) is 3.76. The number of aliphatic hydroxyl groups excluding tert-OH is 1. The lowest BCUT2D eigenvalue weighted by Crippen LogP contribution is -2.46. The number of anilines is 1. The van der Waals surface area contributed by atoms with Crippen LogP contribution in [-0.4, -0.2) is 108 Å². The van der Waals surface area contributed by atoms with Gasteiger partial charge in [-0.1, -0.05) is 6.92 Å². The third kappa shape index (κ3) is 11.3. The zero-order chi connectivity index (χ0) is 26.9. The SMILES string of the molecule is C=O.CCOc1ccc(N2CCN(C)CC2)cc1F.CO.COCCN1CCC(C)(C(N)=O)CC1. The number of piperidine rings is 1. The highest BCUT2D eigenvalue weighted by Gasteiger charge is 2.34. The first-order valence-electron chi connectivity index (χ1n) is 11.9. The number of ether oxygens (including phenoxy) is 2. The summed E-state index contributed by atoms with van der Waals surface area (Å²) in [6.45, 7) is 13.9. The molecule has 0 atom stereocenters. The summed E-state index contributed by atoms with van der Waals surface area (Å²) in [5.41, 5.74) is 6.02. The number of nitrogens with two attached hydrogens (primary N) is 1. The lowest BCUT2D eigenvalue weighted by atomic mass is 9.80. The number of methoxy groups -OCH3 is 1. The second-order valence-corrected chi connectivity index (χ2v) is 8.60. The van der Waals surface area contributed by atoms with Crippen LogP contribution in [0.15, 0.2) is 18.2 Å². The third-order valence-corrected chi connectivity index (χ3v) is 6.25. The summed E-state index contributed by atoms with van der Waals surface area (Å²) in [7, 11) is 4.81. The van der Waals surface area contributed by atoms with Crippen molar-refractivity contribution in [1.29, 1.82) is 0 Å². The van der Waals surface area contributed by atoms with E-state index in [1.807, 2.05) is 26.7 Å². The Morgan fingerprint density at radius 3 is 2.17 bits per heavy atom. The number of rotatable bonds is 7. The van der Waals surface area contributed by atoms with E-state index >= 15 is 0 Å². The van der Waals surface area contributed by atoms with E-state index in [0.29, 0.717) is 12.4 Å². The second kappa shape index (κ2) is 18.1. The van der Waals surface area contributed by atoms with E-state index in [-0.39, 0.29) is 17.1 Å². The van der Waals surface area contributed by atoms with Crippen molar-refractivity contribution in [2.45, 2.75) is 26.7 Å². The summed E-state index contributed by atoms with van der Waals surface area (Å²) in [4.78, 5) is 26.0. The van der Waals surface area contributed by atoms with Crippen molar-refractivity contribution in [3.05, 3.63) is 24.0 Å². The molecule has 3 rings (SSSR count). The lowest BCUT2D eigenvalue weighted by molar-refractivity contribution is -0.129. The Labute approximate surface area is 210 Å². The minimum atomic E-state index is -0.288. The number of likely N-dealkylation sites (tertiary alicyclic amines) is 1. The Kier molecular flexibility index (Phi) is 16.9. The number of hydrogen-bond donors (Lipinski definition) is 2. The summed E-state index contributed by atoms with van der Waals surface area (Å²) in [6.07, 6.45) is 1.73. The molecular formula is C25H45FN4O5. The van der Waals surface area contributed by atoms with E-state index in [4.69, 9.17) is 25.1 Å². The van der Waals surface area contributed by atoms with E-state index in [1.165, 1.54) is 0 Å². The number of hydrogen-bond acceptors (Lipinski definition) is 8. The molecule has 2 aliphatic rings. The summed E-state index contributed by atoms with van der Waals surface area (Å²) in [5, 5.41) is 7.00. The fourth-order valence-electron chi connectivity index (χ4n) is 3.76. The number of carbonyl (C=O) groups excluding carboxylic acids is 2. The summed E-state index contributed by atoms with van der Waals surface area (Å²) in [6, 6.07) is 5.21. The van der Waals surface area contributed by atoms with Crippen molar-refractivity contribution in [2.75, 3.05) is 85.2 Å². The van der Waals surface area contributed by atoms with E-state index in [9.17, 15) is 9.18 Å². The van der Waals surface area contributed by atoms with Crippen LogP contribution in [0.1, 0.15) is 26.7 Å². The number of nitrogens with zero attached hydrogens (tertiary/aromatic N) is 3. The van der Waals surface area contributed by atoms with Gasteiger partial charge in [-0.2, -0.15) is 0 Å². The van der Waals surface area contributed by atoms with Crippen LogP contribution in [-0.2, 0) is 14.3 Å². The zero-order valence-corrected chi connectivity index (χ0v) is 22.1. The zero-order valence-electron chi connectivity index (χ0n) is 22.1. The van der Waals surface area contributed by atoms with Crippen LogP contribution in [0.4, 0.5) is 10.1 Å². The van der Waals surface area contributed by atoms with Crippen molar-refractivity contribution in [3.63, 3.8) is 0 Å². The highest BCUT2D eigenvalue weighted by Crippen LogP contribution is 2.30. The van der Waals surface area contributed by atoms with Crippen molar-refractivity contribution in [1.82, 2.24) is 9.80 Å². The van der Waals surface area contributed by atoms with Gasteiger partial charge in [0.1, 0.15) is 6.79 Å². The van der Waals surface area contributed by atoms with Crippen molar-refractivity contribution < 1.29 is 28.6 Å². The molecule has 0 aromatic heterocycles. The third-order valence-electron chi connectivity index (χ3n) is 6.25. The average Bonchev–Trinajstić information content (AvgIpc) is 2.88. The summed E-state index contributed by atoms with van der Waals surface area (Å²) < 4.78 is 23.9. The Bertz CT molecular complexity index is 709. The molecule has 2 saturated heterocycles. The average molecular weight is 501 g/mol. The van der Waals surface area contributed by atoms with E-state index in [0.717, 1.165) is 78.1 Å². The van der Waals surface area contributed by atoms with Gasteiger partial charge < -0.3 is 39.8 Å². The molecule has 1 amide bonds. The Morgan fingerprint density at radius 1 is 1.14 bits per heavy atom. The van der Waals surface area contributed by atoms with E-state index < -0.39 is 0 Å². The number of carbonyl (C=O) groups is 2. The summed E-state index contributed by atoms with van der Waals surface area (Å²) >= 11 is 0. The normalized spacial score (nSPS) is 17.5. The maximum Gasteiger partial charge on any atom is 0.223 e. The van der Waals surface area contributed by atoms with Crippen LogP contribution < -0.4 is 15.4 Å². The van der Waals surface area contributed by atoms with Gasteiger partial charge in [0, 0.05) is 64.1 Å². The number of likely N-dealkylation sites (N-methyl/N-ethyl adjacent to an activating group) is 1. The molecule has 2 heterocycles. The van der Waals surface area contributed by atoms with Crippen LogP contribution in [0.25, 0.3) is 0 Å². The molecule has 0 radical (unpaired) electrons. The molecule has 202 valence electrons. The number of piperazine rings is 1. The second-order valence-electron chi connectivity index (χ2n) is 8.60. The molecule has 0 aliphatic carbocycles. The maximum atomic E-state index is 13.7. The quantitative estimate of drug-likeness (QED) is 0.582. The van der Waals surface area contributed by atoms with Crippen molar-refractivity contribution in [3.8, 4) is 5.75 Å². The summed E-state index contributed by atoms with van der Waals surface area (Å²) in [5.74, 6) is -0.0995. The number of benzene rings is 1. The molecule has 0 saturated carbocycles. The van der Waals surface area contributed by atoms with E-state index in [2.05, 4.69) is 21.7 Å². The molecule has 0 spiro atoms. The molecular weight excluding hydrogens is 455 g/mol. The van der Waals surface area contributed by atoms with Gasteiger partial charge in [0.15, 0.2) is 11.6 Å². The highest BCUT2D eigenvalue weighted by atomic mass is 19.1. The van der Waals surface area contributed by atoms with E-state index in [1.54, 1.807) is 19.2 Å². The van der Waals surface area contributed by atoms with Gasteiger partial charge in [-0.05, 0) is 52.0 Å². The predicted molar refractivity (Wildman–Crippen MR) is 137 cm³/mol. The van der Waals surface area contributed by atoms with Crippen LogP contribution in [0, 0.1) is 11.2 Å². The smallest absolute Gasteiger partial charge is 0.223 e. The lowest BCUT2D eigenvalue weighted by Gasteiger charge is -2.37. The Morgan fingerprint density at radius 2 is 1.71 bits per heavy atom. The molecule has 2 aliphatic heterocycles. The van der Waals surface area contributed by atoms with Crippen LogP contribution in [0.5, 0.6) is 5.75 Å². The first kappa shape index (κ1) is 32.7. The van der Waals surface area contributed by atoms with Crippen LogP contribution in [0.3, 0.4) is 0 Å². The van der Waals surface area contributed by atoms with Crippen LogP contribution >= 0.6 is 0 Å². The number of amides is 1. The van der Waals surface area contributed by atoms with Gasteiger partial charge in [0.2, 0.25) is 5.91 Å². The molecule has 35 heavy (non-hydrogen) atoms. The minimum Gasteiger partial charge on any atom is -0.491 e. The Balaban J connectivity index is 0.000000587. The number of aliphatic hydroxyl groups is 1. The first-order valence-corrected chi connectivity index (χ1v) is 11.9.